The Balaban J connectivity index is 2.39. The fourth-order valence-corrected chi connectivity index (χ4v) is 2.48. The van der Waals surface area contributed by atoms with E-state index in [9.17, 15) is 9.59 Å². The molecule has 0 saturated heterocycles. The van der Waals surface area contributed by atoms with Gasteiger partial charge >= 0.3 is 11.7 Å². The number of carboxylic acid groups (broad SMARTS) is 1. The molecule has 0 radical (unpaired) electrons. The number of fused-ring (bicyclic) bond motifs is 1. The highest BCUT2D eigenvalue weighted by molar-refractivity contribution is 6.31. The van der Waals surface area contributed by atoms with Gasteiger partial charge in [0.25, 0.3) is 0 Å². The largest absolute Gasteiger partial charge is 0.478 e. The van der Waals surface area contributed by atoms with Crippen molar-refractivity contribution in [3.63, 3.8) is 0 Å². The monoisotopic (exact) mass is 302 g/mol. The zero-order valence-corrected chi connectivity index (χ0v) is 11.8. The standard InChI is InChI=1S/C15H11ClN2O3/c1-8-10(16)3-2-4-12(8)18-13-7-9(14(19)20)5-6-11(13)17-15(18)21/h2-7H,1H3,(H,17,21)(H,19,20). The van der Waals surface area contributed by atoms with E-state index in [0.29, 0.717) is 21.7 Å². The van der Waals surface area contributed by atoms with E-state index < -0.39 is 5.97 Å². The van der Waals surface area contributed by atoms with Crippen molar-refractivity contribution in [2.75, 3.05) is 0 Å². The molecule has 6 heteroatoms. The predicted octanol–water partition coefficient (Wildman–Crippen LogP) is 2.98. The average Bonchev–Trinajstić information content (AvgIpc) is 2.77. The molecule has 0 aliphatic heterocycles. The molecule has 0 aliphatic carbocycles. The summed E-state index contributed by atoms with van der Waals surface area (Å²) in [6, 6.07) is 9.76. The number of imidazole rings is 1. The van der Waals surface area contributed by atoms with Gasteiger partial charge in [-0.1, -0.05) is 17.7 Å². The first-order chi connectivity index (χ1) is 9.99. The Kier molecular flexibility index (Phi) is 3.07. The summed E-state index contributed by atoms with van der Waals surface area (Å²) in [5, 5.41) is 9.64. The molecule has 0 amide bonds. The number of H-pyrrole nitrogens is 1. The third-order valence-corrected chi connectivity index (χ3v) is 3.82. The smallest absolute Gasteiger partial charge is 0.335 e. The number of nitrogens with zero attached hydrogens (tertiary/aromatic N) is 1. The van der Waals surface area contributed by atoms with E-state index in [0.717, 1.165) is 5.56 Å². The maximum absolute atomic E-state index is 12.2. The number of halogens is 1. The second-order valence-corrected chi connectivity index (χ2v) is 5.09. The minimum absolute atomic E-state index is 0.120. The Labute approximate surface area is 124 Å². The molecule has 0 atom stereocenters. The van der Waals surface area contributed by atoms with Crippen molar-refractivity contribution in [3.8, 4) is 5.69 Å². The van der Waals surface area contributed by atoms with Crippen LogP contribution in [0.4, 0.5) is 0 Å². The summed E-state index contributed by atoms with van der Waals surface area (Å²) in [4.78, 5) is 26.0. The highest BCUT2D eigenvalue weighted by Gasteiger charge is 2.14. The van der Waals surface area contributed by atoms with E-state index in [4.69, 9.17) is 16.7 Å². The van der Waals surface area contributed by atoms with Gasteiger partial charge in [0.15, 0.2) is 0 Å². The number of aromatic nitrogens is 2. The molecule has 21 heavy (non-hydrogen) atoms. The number of carboxylic acids is 1. The van der Waals surface area contributed by atoms with E-state index in [2.05, 4.69) is 4.98 Å². The highest BCUT2D eigenvalue weighted by atomic mass is 35.5. The Morgan fingerprint density at radius 2 is 2.05 bits per heavy atom. The minimum atomic E-state index is -1.04. The summed E-state index contributed by atoms with van der Waals surface area (Å²) in [6.45, 7) is 1.81. The number of benzene rings is 2. The van der Waals surface area contributed by atoms with Crippen LogP contribution in [0.25, 0.3) is 16.7 Å². The zero-order valence-electron chi connectivity index (χ0n) is 11.1. The molecule has 2 aromatic carbocycles. The molecule has 0 spiro atoms. The lowest BCUT2D eigenvalue weighted by Crippen LogP contribution is -2.15. The van der Waals surface area contributed by atoms with Crippen molar-refractivity contribution in [1.29, 1.82) is 0 Å². The van der Waals surface area contributed by atoms with Crippen LogP contribution in [0.15, 0.2) is 41.2 Å². The van der Waals surface area contributed by atoms with Gasteiger partial charge in [0.1, 0.15) is 0 Å². The van der Waals surface area contributed by atoms with Crippen molar-refractivity contribution in [2.24, 2.45) is 0 Å². The molecule has 106 valence electrons. The molecule has 3 rings (SSSR count). The fourth-order valence-electron chi connectivity index (χ4n) is 2.31. The maximum Gasteiger partial charge on any atom is 0.335 e. The summed E-state index contributed by atoms with van der Waals surface area (Å²) in [5.74, 6) is -1.04. The van der Waals surface area contributed by atoms with E-state index in [1.54, 1.807) is 24.3 Å². The average molecular weight is 303 g/mol. The van der Waals surface area contributed by atoms with E-state index in [1.165, 1.54) is 16.7 Å². The molecule has 5 nitrogen and oxygen atoms in total. The summed E-state index contributed by atoms with van der Waals surface area (Å²) in [6.07, 6.45) is 0. The molecule has 0 unspecified atom stereocenters. The van der Waals surface area contributed by atoms with Gasteiger partial charge in [0.05, 0.1) is 22.3 Å². The number of hydrogen-bond donors (Lipinski definition) is 2. The molecule has 1 heterocycles. The molecular formula is C15H11ClN2O3. The summed E-state index contributed by atoms with van der Waals surface area (Å²) in [5.41, 5.74) is 2.24. The number of aromatic carboxylic acids is 1. The topological polar surface area (TPSA) is 75.1 Å². The second-order valence-electron chi connectivity index (χ2n) is 4.69. The van der Waals surface area contributed by atoms with Gasteiger partial charge in [0, 0.05) is 5.02 Å². The van der Waals surface area contributed by atoms with Crippen molar-refractivity contribution in [3.05, 3.63) is 63.0 Å². The van der Waals surface area contributed by atoms with Gasteiger partial charge in [-0.2, -0.15) is 0 Å². The SMILES string of the molecule is Cc1c(Cl)cccc1-n1c(=O)[nH]c2ccc(C(=O)O)cc21. The molecule has 0 saturated carbocycles. The molecule has 1 aromatic heterocycles. The van der Waals surface area contributed by atoms with Crippen LogP contribution in [0.3, 0.4) is 0 Å². The van der Waals surface area contributed by atoms with Crippen LogP contribution >= 0.6 is 11.6 Å². The highest BCUT2D eigenvalue weighted by Crippen LogP contribution is 2.24. The number of rotatable bonds is 2. The van der Waals surface area contributed by atoms with Gasteiger partial charge in [-0.05, 0) is 42.8 Å². The number of hydrogen-bond acceptors (Lipinski definition) is 2. The Morgan fingerprint density at radius 1 is 1.29 bits per heavy atom. The normalized spacial score (nSPS) is 11.0. The maximum atomic E-state index is 12.2. The number of carbonyl (C=O) groups is 1. The van der Waals surface area contributed by atoms with Crippen LogP contribution in [0, 0.1) is 6.92 Å². The lowest BCUT2D eigenvalue weighted by molar-refractivity contribution is 0.0697. The lowest BCUT2D eigenvalue weighted by atomic mass is 10.1. The second kappa shape index (κ2) is 4.79. The minimum Gasteiger partial charge on any atom is -0.478 e. The molecule has 0 bridgehead atoms. The van der Waals surface area contributed by atoms with Gasteiger partial charge in [-0.25, -0.2) is 9.59 Å². The van der Waals surface area contributed by atoms with Gasteiger partial charge < -0.3 is 10.1 Å². The molecule has 3 aromatic rings. The quantitative estimate of drug-likeness (QED) is 0.764. The van der Waals surface area contributed by atoms with Crippen LogP contribution < -0.4 is 5.69 Å². The third-order valence-electron chi connectivity index (χ3n) is 3.41. The summed E-state index contributed by atoms with van der Waals surface area (Å²) in [7, 11) is 0. The molecule has 0 fully saturated rings. The fraction of sp³-hybridized carbons (Fsp3) is 0.0667. The van der Waals surface area contributed by atoms with Crippen molar-refractivity contribution >= 4 is 28.6 Å². The zero-order chi connectivity index (χ0) is 15.1. The van der Waals surface area contributed by atoms with Crippen molar-refractivity contribution in [1.82, 2.24) is 9.55 Å². The lowest BCUT2D eigenvalue weighted by Gasteiger charge is -2.09. The van der Waals surface area contributed by atoms with E-state index in [-0.39, 0.29) is 11.3 Å². The van der Waals surface area contributed by atoms with Crippen LogP contribution in [-0.2, 0) is 0 Å². The van der Waals surface area contributed by atoms with Crippen LogP contribution in [0.2, 0.25) is 5.02 Å². The van der Waals surface area contributed by atoms with Gasteiger partial charge in [-0.15, -0.1) is 0 Å². The van der Waals surface area contributed by atoms with Crippen LogP contribution in [0.1, 0.15) is 15.9 Å². The number of aromatic amines is 1. The van der Waals surface area contributed by atoms with Gasteiger partial charge in [-0.3, -0.25) is 4.57 Å². The van der Waals surface area contributed by atoms with E-state index >= 15 is 0 Å². The Morgan fingerprint density at radius 3 is 2.76 bits per heavy atom. The Hall–Kier alpha value is -2.53. The van der Waals surface area contributed by atoms with Crippen molar-refractivity contribution in [2.45, 2.75) is 6.92 Å². The first-order valence-corrected chi connectivity index (χ1v) is 6.60. The summed E-state index contributed by atoms with van der Waals surface area (Å²) >= 11 is 6.10. The first-order valence-electron chi connectivity index (χ1n) is 6.22. The first kappa shape index (κ1) is 13.5. The summed E-state index contributed by atoms with van der Waals surface area (Å²) < 4.78 is 1.43. The van der Waals surface area contributed by atoms with Gasteiger partial charge in [0.2, 0.25) is 0 Å². The predicted molar refractivity (Wildman–Crippen MR) is 80.6 cm³/mol. The third kappa shape index (κ3) is 2.11. The van der Waals surface area contributed by atoms with E-state index in [1.807, 2.05) is 6.92 Å². The van der Waals surface area contributed by atoms with Crippen LogP contribution in [-0.4, -0.2) is 20.6 Å². The molecular weight excluding hydrogens is 292 g/mol. The van der Waals surface area contributed by atoms with Crippen LogP contribution in [0.5, 0.6) is 0 Å². The molecule has 2 N–H and O–H groups in total. The van der Waals surface area contributed by atoms with Crippen molar-refractivity contribution < 1.29 is 9.90 Å². The Bertz CT molecular complexity index is 924. The number of nitrogens with one attached hydrogen (secondary N) is 1. The molecule has 0 aliphatic rings.